The maximum atomic E-state index is 12.0. The fourth-order valence-electron chi connectivity index (χ4n) is 1.74. The molecule has 0 fully saturated rings. The lowest BCUT2D eigenvalue weighted by Crippen LogP contribution is -1.93. The summed E-state index contributed by atoms with van der Waals surface area (Å²) in [5.74, 6) is 0.275. The number of aromatic hydroxyl groups is 2. The van der Waals surface area contributed by atoms with E-state index in [4.69, 9.17) is 4.74 Å². The summed E-state index contributed by atoms with van der Waals surface area (Å²) in [6.07, 6.45) is 3.05. The molecule has 0 aliphatic rings. The van der Waals surface area contributed by atoms with Crippen LogP contribution in [0.15, 0.2) is 46.9 Å². The first-order valence-electron chi connectivity index (χ1n) is 6.09. The van der Waals surface area contributed by atoms with Crippen molar-refractivity contribution in [3.05, 3.63) is 58.1 Å². The minimum absolute atomic E-state index is 0.0198. The van der Waals surface area contributed by atoms with E-state index in [0.29, 0.717) is 21.3 Å². The van der Waals surface area contributed by atoms with E-state index >= 15 is 0 Å². The van der Waals surface area contributed by atoms with E-state index < -0.39 is 0 Å². The maximum absolute atomic E-state index is 12.0. The highest BCUT2D eigenvalue weighted by Gasteiger charge is 2.07. The number of phenols is 2. The summed E-state index contributed by atoms with van der Waals surface area (Å²) in [6, 6.07) is 9.15. The predicted molar refractivity (Wildman–Crippen MR) is 83.8 cm³/mol. The summed E-state index contributed by atoms with van der Waals surface area (Å²) in [5, 5.41) is 18.8. The van der Waals surface area contributed by atoms with E-state index in [1.54, 1.807) is 24.3 Å². The Balaban J connectivity index is 2.24. The molecule has 0 saturated carbocycles. The average Bonchev–Trinajstić information content (AvgIpc) is 2.47. The van der Waals surface area contributed by atoms with Crippen molar-refractivity contribution in [2.45, 2.75) is 0 Å². The van der Waals surface area contributed by atoms with Crippen molar-refractivity contribution in [3.63, 3.8) is 0 Å². The first-order valence-corrected chi connectivity index (χ1v) is 6.88. The number of ether oxygens (including phenoxy) is 1. The molecule has 0 unspecified atom stereocenters. The van der Waals surface area contributed by atoms with Gasteiger partial charge in [-0.05, 0) is 54.1 Å². The van der Waals surface area contributed by atoms with Crippen molar-refractivity contribution in [2.24, 2.45) is 0 Å². The number of benzene rings is 2. The molecule has 0 radical (unpaired) electrons. The molecule has 21 heavy (non-hydrogen) atoms. The molecule has 0 atom stereocenters. The smallest absolute Gasteiger partial charge is 0.185 e. The fourth-order valence-corrected chi connectivity index (χ4v) is 2.20. The van der Waals surface area contributed by atoms with Gasteiger partial charge in [0.1, 0.15) is 5.75 Å². The first-order chi connectivity index (χ1) is 10.0. The monoisotopic (exact) mass is 348 g/mol. The van der Waals surface area contributed by atoms with Crippen molar-refractivity contribution >= 4 is 27.8 Å². The average molecular weight is 349 g/mol. The molecule has 2 N–H and O–H groups in total. The van der Waals surface area contributed by atoms with Crippen LogP contribution in [-0.4, -0.2) is 23.1 Å². The van der Waals surface area contributed by atoms with Gasteiger partial charge in [0.25, 0.3) is 0 Å². The number of hydrogen-bond donors (Lipinski definition) is 2. The van der Waals surface area contributed by atoms with E-state index in [0.717, 1.165) is 0 Å². The van der Waals surface area contributed by atoms with Crippen LogP contribution < -0.4 is 4.74 Å². The molecule has 0 bridgehead atoms. The van der Waals surface area contributed by atoms with Crippen LogP contribution in [0.1, 0.15) is 15.9 Å². The Morgan fingerprint density at radius 1 is 1.19 bits per heavy atom. The van der Waals surface area contributed by atoms with Gasteiger partial charge in [0, 0.05) is 10.0 Å². The molecule has 0 amide bonds. The molecule has 0 aliphatic heterocycles. The summed E-state index contributed by atoms with van der Waals surface area (Å²) < 4.78 is 5.68. The number of rotatable bonds is 4. The summed E-state index contributed by atoms with van der Waals surface area (Å²) in [5.41, 5.74) is 1.18. The maximum Gasteiger partial charge on any atom is 0.185 e. The number of hydrogen-bond acceptors (Lipinski definition) is 4. The van der Waals surface area contributed by atoms with Crippen LogP contribution >= 0.6 is 15.9 Å². The summed E-state index contributed by atoms with van der Waals surface area (Å²) in [6.45, 7) is 0. The predicted octanol–water partition coefficient (Wildman–Crippen LogP) is 3.77. The SMILES string of the molecule is COc1cc(/C=C/C(=O)c2ccc(O)cc2)c(Br)cc1O. The number of allylic oxidation sites excluding steroid dienone is 1. The van der Waals surface area contributed by atoms with Crippen LogP contribution in [0.4, 0.5) is 0 Å². The van der Waals surface area contributed by atoms with Gasteiger partial charge < -0.3 is 14.9 Å². The van der Waals surface area contributed by atoms with Crippen molar-refractivity contribution in [2.75, 3.05) is 7.11 Å². The second-order valence-corrected chi connectivity index (χ2v) is 5.14. The van der Waals surface area contributed by atoms with Crippen LogP contribution in [0.2, 0.25) is 0 Å². The van der Waals surface area contributed by atoms with Gasteiger partial charge in [-0.1, -0.05) is 15.9 Å². The Morgan fingerprint density at radius 3 is 2.48 bits per heavy atom. The van der Waals surface area contributed by atoms with Gasteiger partial charge in [-0.3, -0.25) is 4.79 Å². The largest absolute Gasteiger partial charge is 0.508 e. The summed E-state index contributed by atoms with van der Waals surface area (Å²) >= 11 is 3.32. The second-order valence-electron chi connectivity index (χ2n) is 4.29. The molecule has 0 aromatic heterocycles. The van der Waals surface area contributed by atoms with Gasteiger partial charge in [0.15, 0.2) is 17.3 Å². The van der Waals surface area contributed by atoms with Crippen LogP contribution in [0.25, 0.3) is 6.08 Å². The van der Waals surface area contributed by atoms with Crippen molar-refractivity contribution < 1.29 is 19.7 Å². The molecule has 0 spiro atoms. The fraction of sp³-hybridized carbons (Fsp3) is 0.0625. The third-order valence-electron chi connectivity index (χ3n) is 2.86. The van der Waals surface area contributed by atoms with Crippen LogP contribution in [0.3, 0.4) is 0 Å². The van der Waals surface area contributed by atoms with E-state index in [-0.39, 0.29) is 17.3 Å². The van der Waals surface area contributed by atoms with Crippen molar-refractivity contribution in [3.8, 4) is 17.2 Å². The third kappa shape index (κ3) is 3.64. The number of carbonyl (C=O) groups excluding carboxylic acids is 1. The van der Waals surface area contributed by atoms with Crippen LogP contribution in [0, 0.1) is 0 Å². The van der Waals surface area contributed by atoms with Gasteiger partial charge in [0.2, 0.25) is 0 Å². The van der Waals surface area contributed by atoms with Crippen LogP contribution in [-0.2, 0) is 0 Å². The van der Waals surface area contributed by atoms with Gasteiger partial charge in [-0.15, -0.1) is 0 Å². The van der Waals surface area contributed by atoms with Crippen LogP contribution in [0.5, 0.6) is 17.2 Å². The van der Waals surface area contributed by atoms with Gasteiger partial charge in [0.05, 0.1) is 7.11 Å². The van der Waals surface area contributed by atoms with E-state index in [1.165, 1.54) is 31.4 Å². The van der Waals surface area contributed by atoms with Gasteiger partial charge in [-0.25, -0.2) is 0 Å². The Labute approximate surface area is 130 Å². The topological polar surface area (TPSA) is 66.8 Å². The molecule has 2 aromatic rings. The number of methoxy groups -OCH3 is 1. The lowest BCUT2D eigenvalue weighted by atomic mass is 10.1. The van der Waals surface area contributed by atoms with E-state index in [9.17, 15) is 15.0 Å². The van der Waals surface area contributed by atoms with Gasteiger partial charge in [-0.2, -0.15) is 0 Å². The minimum atomic E-state index is -0.186. The molecule has 0 aliphatic carbocycles. The Bertz CT molecular complexity index is 690. The molecule has 0 heterocycles. The highest BCUT2D eigenvalue weighted by atomic mass is 79.9. The highest BCUT2D eigenvalue weighted by molar-refractivity contribution is 9.10. The molecular formula is C16H13BrO4. The molecule has 2 rings (SSSR count). The minimum Gasteiger partial charge on any atom is -0.508 e. The van der Waals surface area contributed by atoms with E-state index in [2.05, 4.69) is 15.9 Å². The first kappa shape index (κ1) is 15.1. The van der Waals surface area contributed by atoms with Crippen molar-refractivity contribution in [1.29, 1.82) is 0 Å². The zero-order valence-electron chi connectivity index (χ0n) is 11.2. The number of phenolic OH excluding ortho intramolecular Hbond substituents is 2. The Kier molecular flexibility index (Phi) is 4.65. The number of ketones is 1. The van der Waals surface area contributed by atoms with E-state index in [1.807, 2.05) is 0 Å². The molecule has 0 saturated heterocycles. The second kappa shape index (κ2) is 6.45. The molecule has 4 nitrogen and oxygen atoms in total. The van der Waals surface area contributed by atoms with Gasteiger partial charge >= 0.3 is 0 Å². The number of carbonyl (C=O) groups is 1. The lowest BCUT2D eigenvalue weighted by molar-refractivity contribution is 0.104. The molecule has 2 aromatic carbocycles. The zero-order valence-corrected chi connectivity index (χ0v) is 12.8. The Hall–Kier alpha value is -2.27. The zero-order chi connectivity index (χ0) is 15.4. The summed E-state index contributed by atoms with van der Waals surface area (Å²) in [4.78, 5) is 12.0. The normalized spacial score (nSPS) is 10.8. The standard InChI is InChI=1S/C16H13BrO4/c1-21-16-8-11(13(17)9-15(16)20)4-7-14(19)10-2-5-12(18)6-3-10/h2-9,18,20H,1H3/b7-4+. The molecular weight excluding hydrogens is 336 g/mol. The van der Waals surface area contributed by atoms with Crippen molar-refractivity contribution in [1.82, 2.24) is 0 Å². The number of halogens is 1. The molecule has 108 valence electrons. The Morgan fingerprint density at radius 2 is 1.86 bits per heavy atom. The third-order valence-corrected chi connectivity index (χ3v) is 3.55. The highest BCUT2D eigenvalue weighted by Crippen LogP contribution is 2.33. The molecule has 5 heteroatoms. The quantitative estimate of drug-likeness (QED) is 0.652. The lowest BCUT2D eigenvalue weighted by Gasteiger charge is -2.06. The summed E-state index contributed by atoms with van der Waals surface area (Å²) in [7, 11) is 1.46.